The van der Waals surface area contributed by atoms with Crippen molar-refractivity contribution in [2.24, 2.45) is 0 Å². The van der Waals surface area contributed by atoms with Crippen LogP contribution in [0.1, 0.15) is 18.1 Å². The average Bonchev–Trinajstić information content (AvgIpc) is 2.60. The molecule has 1 amide bonds. The molecule has 0 saturated heterocycles. The highest BCUT2D eigenvalue weighted by Crippen LogP contribution is 2.30. The lowest BCUT2D eigenvalue weighted by molar-refractivity contribution is -0.137. The third-order valence-electron chi connectivity index (χ3n) is 3.57. The van der Waals surface area contributed by atoms with Crippen molar-refractivity contribution in [3.8, 4) is 0 Å². The molecule has 26 heavy (non-hydrogen) atoms. The molecule has 2 aromatic rings. The van der Waals surface area contributed by atoms with Crippen LogP contribution in [0.3, 0.4) is 0 Å². The molecule has 0 atom stereocenters. The minimum Gasteiger partial charge on any atom is -0.325 e. The first kappa shape index (κ1) is 19.9. The lowest BCUT2D eigenvalue weighted by atomic mass is 10.1. The summed E-state index contributed by atoms with van der Waals surface area (Å²) in [5.41, 5.74) is 0.349. The van der Waals surface area contributed by atoms with Crippen molar-refractivity contribution in [2.45, 2.75) is 24.4 Å². The van der Waals surface area contributed by atoms with Crippen molar-refractivity contribution < 1.29 is 26.4 Å². The first-order chi connectivity index (χ1) is 12.1. The van der Waals surface area contributed by atoms with E-state index in [0.29, 0.717) is 18.2 Å². The van der Waals surface area contributed by atoms with Gasteiger partial charge in [0, 0.05) is 5.69 Å². The van der Waals surface area contributed by atoms with Crippen LogP contribution in [0.25, 0.3) is 0 Å². The summed E-state index contributed by atoms with van der Waals surface area (Å²) in [7, 11) is -4.26. The highest BCUT2D eigenvalue weighted by Gasteiger charge is 2.31. The lowest BCUT2D eigenvalue weighted by Gasteiger charge is -2.12. The van der Waals surface area contributed by atoms with Gasteiger partial charge in [0.25, 0.3) is 0 Å². The molecular formula is C17H17F3N2O3S. The van der Waals surface area contributed by atoms with Gasteiger partial charge in [-0.15, -0.1) is 0 Å². The van der Waals surface area contributed by atoms with Gasteiger partial charge < -0.3 is 5.32 Å². The van der Waals surface area contributed by atoms with E-state index in [0.717, 1.165) is 23.8 Å². The smallest absolute Gasteiger partial charge is 0.325 e. The Hall–Kier alpha value is -2.39. The zero-order valence-electron chi connectivity index (χ0n) is 13.8. The third-order valence-corrected chi connectivity index (χ3v) is 4.97. The number of para-hydroxylation sites is 1. The van der Waals surface area contributed by atoms with Crippen LogP contribution < -0.4 is 10.0 Å². The first-order valence-electron chi connectivity index (χ1n) is 7.68. The molecule has 0 aliphatic heterocycles. The zero-order valence-corrected chi connectivity index (χ0v) is 14.6. The van der Waals surface area contributed by atoms with Crippen LogP contribution in [0.2, 0.25) is 0 Å². The van der Waals surface area contributed by atoms with Crippen LogP contribution in [-0.4, -0.2) is 20.9 Å². The fourth-order valence-electron chi connectivity index (χ4n) is 2.23. The Balaban J connectivity index is 2.07. The van der Waals surface area contributed by atoms with E-state index in [1.165, 1.54) is 0 Å². The van der Waals surface area contributed by atoms with Crippen LogP contribution in [-0.2, 0) is 27.4 Å². The van der Waals surface area contributed by atoms with Gasteiger partial charge in [-0.25, -0.2) is 13.1 Å². The van der Waals surface area contributed by atoms with E-state index in [-0.39, 0.29) is 0 Å². The minimum atomic E-state index is -4.66. The van der Waals surface area contributed by atoms with E-state index in [2.05, 4.69) is 5.32 Å². The molecule has 0 aliphatic rings. The van der Waals surface area contributed by atoms with Crippen molar-refractivity contribution in [2.75, 3.05) is 11.9 Å². The maximum Gasteiger partial charge on any atom is 0.416 e. The summed E-state index contributed by atoms with van der Waals surface area (Å²) in [5.74, 6) is -0.624. The summed E-state index contributed by atoms with van der Waals surface area (Å²) in [6.45, 7) is 1.30. The van der Waals surface area contributed by atoms with Crippen molar-refractivity contribution in [3.05, 3.63) is 59.7 Å². The molecule has 0 aliphatic carbocycles. The summed E-state index contributed by atoms with van der Waals surface area (Å²) < 4.78 is 64.4. The number of nitrogens with one attached hydrogen (secondary N) is 2. The van der Waals surface area contributed by atoms with Crippen molar-refractivity contribution in [1.29, 1.82) is 0 Å². The second kappa shape index (κ2) is 7.88. The quantitative estimate of drug-likeness (QED) is 0.801. The Bertz CT molecular complexity index is 896. The summed E-state index contributed by atoms with van der Waals surface area (Å²) >= 11 is 0. The Morgan fingerprint density at radius 2 is 1.77 bits per heavy atom. The van der Waals surface area contributed by atoms with Crippen molar-refractivity contribution in [1.82, 2.24) is 4.72 Å². The standard InChI is InChI=1S/C17H17F3N2O3S/c1-2-12-6-3-4-9-15(12)22-16(23)11-21-26(24,25)14-8-5-7-13(10-14)17(18,19)20/h3-10,21H,2,11H2,1H3,(H,22,23). The maximum absolute atomic E-state index is 12.7. The number of halogens is 3. The van der Waals surface area contributed by atoms with Crippen LogP contribution in [0.15, 0.2) is 53.4 Å². The molecule has 0 radical (unpaired) electrons. The van der Waals surface area contributed by atoms with E-state index >= 15 is 0 Å². The number of amides is 1. The Morgan fingerprint density at radius 3 is 2.42 bits per heavy atom. The van der Waals surface area contributed by atoms with E-state index in [4.69, 9.17) is 0 Å². The largest absolute Gasteiger partial charge is 0.416 e. The van der Waals surface area contributed by atoms with Crippen molar-refractivity contribution >= 4 is 21.6 Å². The highest BCUT2D eigenvalue weighted by atomic mass is 32.2. The molecule has 0 heterocycles. The van der Waals surface area contributed by atoms with E-state index < -0.39 is 39.1 Å². The number of hydrogen-bond acceptors (Lipinski definition) is 3. The van der Waals surface area contributed by atoms with Gasteiger partial charge in [-0.3, -0.25) is 4.79 Å². The van der Waals surface area contributed by atoms with E-state index in [1.807, 2.05) is 23.8 Å². The first-order valence-corrected chi connectivity index (χ1v) is 9.16. The monoisotopic (exact) mass is 386 g/mol. The minimum absolute atomic E-state index is 0.520. The normalized spacial score (nSPS) is 12.0. The van der Waals surface area contributed by atoms with Gasteiger partial charge in [0.2, 0.25) is 15.9 Å². The van der Waals surface area contributed by atoms with E-state index in [1.54, 1.807) is 12.1 Å². The van der Waals surface area contributed by atoms with Gasteiger partial charge in [0.15, 0.2) is 0 Å². The number of benzene rings is 2. The fraction of sp³-hybridized carbons (Fsp3) is 0.235. The molecule has 0 aromatic heterocycles. The highest BCUT2D eigenvalue weighted by molar-refractivity contribution is 7.89. The van der Waals surface area contributed by atoms with Gasteiger partial charge >= 0.3 is 6.18 Å². The summed E-state index contributed by atoms with van der Waals surface area (Å²) in [6, 6.07) is 10.4. The van der Waals surface area contributed by atoms with Crippen LogP contribution in [0.4, 0.5) is 18.9 Å². The fourth-order valence-corrected chi connectivity index (χ4v) is 3.26. The summed E-state index contributed by atoms with van der Waals surface area (Å²) in [4.78, 5) is 11.4. The van der Waals surface area contributed by atoms with Gasteiger partial charge in [0.05, 0.1) is 17.0 Å². The van der Waals surface area contributed by atoms with Crippen LogP contribution in [0.5, 0.6) is 0 Å². The number of alkyl halides is 3. The molecule has 2 N–H and O–H groups in total. The number of sulfonamides is 1. The molecule has 2 aromatic carbocycles. The van der Waals surface area contributed by atoms with Gasteiger partial charge in [-0.05, 0) is 36.2 Å². The molecule has 0 saturated carbocycles. The molecule has 0 fully saturated rings. The van der Waals surface area contributed by atoms with Gasteiger partial charge in [-0.2, -0.15) is 13.2 Å². The number of hydrogen-bond donors (Lipinski definition) is 2. The van der Waals surface area contributed by atoms with Gasteiger partial charge in [-0.1, -0.05) is 31.2 Å². The topological polar surface area (TPSA) is 75.3 Å². The Morgan fingerprint density at radius 1 is 1.08 bits per heavy atom. The number of carbonyl (C=O) groups is 1. The average molecular weight is 386 g/mol. The van der Waals surface area contributed by atoms with Crippen LogP contribution >= 0.6 is 0 Å². The number of rotatable bonds is 6. The number of anilines is 1. The van der Waals surface area contributed by atoms with Gasteiger partial charge in [0.1, 0.15) is 0 Å². The lowest BCUT2D eigenvalue weighted by Crippen LogP contribution is -2.33. The third kappa shape index (κ3) is 5.06. The molecule has 140 valence electrons. The maximum atomic E-state index is 12.7. The molecule has 2 rings (SSSR count). The second-order valence-corrected chi connectivity index (χ2v) is 7.18. The Labute approximate surface area is 149 Å². The SMILES string of the molecule is CCc1ccccc1NC(=O)CNS(=O)(=O)c1cccc(C(F)(F)F)c1. The van der Waals surface area contributed by atoms with E-state index in [9.17, 15) is 26.4 Å². The Kier molecular flexibility index (Phi) is 6.04. The molecule has 0 spiro atoms. The predicted molar refractivity (Wildman–Crippen MR) is 91.1 cm³/mol. The molecule has 0 bridgehead atoms. The number of carbonyl (C=O) groups excluding carboxylic acids is 1. The molecule has 5 nitrogen and oxygen atoms in total. The van der Waals surface area contributed by atoms with Crippen molar-refractivity contribution in [3.63, 3.8) is 0 Å². The zero-order chi connectivity index (χ0) is 19.4. The molecule has 9 heteroatoms. The summed E-state index contributed by atoms with van der Waals surface area (Å²) in [6.07, 6.45) is -3.99. The van der Waals surface area contributed by atoms with Crippen LogP contribution in [0, 0.1) is 0 Å². The molecule has 0 unspecified atom stereocenters. The second-order valence-electron chi connectivity index (χ2n) is 5.41. The number of aryl methyl sites for hydroxylation is 1. The predicted octanol–water partition coefficient (Wildman–Crippen LogP) is 3.18. The molecular weight excluding hydrogens is 369 g/mol. The summed E-state index contributed by atoms with van der Waals surface area (Å²) in [5, 5.41) is 2.58.